The highest BCUT2D eigenvalue weighted by atomic mass is 16.9. The van der Waals surface area contributed by atoms with Crippen LogP contribution in [-0.2, 0) is 19.8 Å². The molecule has 3 aromatic rings. The van der Waals surface area contributed by atoms with Gasteiger partial charge >= 0.3 is 5.97 Å². The summed E-state index contributed by atoms with van der Waals surface area (Å²) >= 11 is 0. The van der Waals surface area contributed by atoms with Gasteiger partial charge in [-0.1, -0.05) is 91.0 Å². The van der Waals surface area contributed by atoms with Crippen LogP contribution in [0.15, 0.2) is 91.0 Å². The molecule has 5 heteroatoms. The van der Waals surface area contributed by atoms with Gasteiger partial charge in [0.25, 0.3) is 0 Å². The van der Waals surface area contributed by atoms with Gasteiger partial charge in [0.15, 0.2) is 0 Å². The van der Waals surface area contributed by atoms with E-state index < -0.39 is 11.6 Å². The summed E-state index contributed by atoms with van der Waals surface area (Å²) in [6.07, 6.45) is 1.72. The van der Waals surface area contributed by atoms with Gasteiger partial charge in [-0.3, -0.25) is 4.90 Å². The maximum absolute atomic E-state index is 10.00. The van der Waals surface area contributed by atoms with Crippen LogP contribution in [0, 0.1) is 0 Å². The molecule has 168 valence electrons. The van der Waals surface area contributed by atoms with E-state index in [-0.39, 0.29) is 12.8 Å². The number of aliphatic hydroxyl groups excluding tert-OH is 1. The number of methoxy groups -OCH3 is 2. The van der Waals surface area contributed by atoms with Crippen LogP contribution in [-0.4, -0.2) is 49.5 Å². The first-order chi connectivity index (χ1) is 15.7. The molecule has 0 aliphatic carbocycles. The summed E-state index contributed by atoms with van der Waals surface area (Å²) in [4.78, 5) is 1.94. The number of likely N-dealkylation sites (tertiary alicyclic amines) is 1. The molecule has 0 spiro atoms. The van der Waals surface area contributed by atoms with Gasteiger partial charge in [-0.2, -0.15) is 0 Å². The summed E-state index contributed by atoms with van der Waals surface area (Å²) in [5.41, 5.74) is 1.89. The van der Waals surface area contributed by atoms with E-state index in [2.05, 4.69) is 36.4 Å². The van der Waals surface area contributed by atoms with Gasteiger partial charge in [-0.25, -0.2) is 0 Å². The second-order valence-corrected chi connectivity index (χ2v) is 8.00. The molecule has 32 heavy (non-hydrogen) atoms. The molecule has 5 nitrogen and oxygen atoms in total. The fourth-order valence-electron chi connectivity index (χ4n) is 4.81. The molecule has 4 rings (SSSR count). The van der Waals surface area contributed by atoms with Crippen LogP contribution in [0.2, 0.25) is 0 Å². The van der Waals surface area contributed by atoms with Crippen molar-refractivity contribution < 1.29 is 19.3 Å². The Kier molecular flexibility index (Phi) is 7.04. The molecular weight excluding hydrogens is 402 g/mol. The molecule has 1 aliphatic rings. The van der Waals surface area contributed by atoms with Crippen molar-refractivity contribution in [3.8, 4) is 0 Å². The Balaban J connectivity index is 1.97. The van der Waals surface area contributed by atoms with Crippen LogP contribution in [0.5, 0.6) is 0 Å². The molecule has 3 aromatic carbocycles. The zero-order chi connectivity index (χ0) is 22.4. The smallest absolute Gasteiger partial charge is 0.300 e. The lowest BCUT2D eigenvalue weighted by atomic mass is 9.80. The number of nitrogens with zero attached hydrogens (tertiary/aromatic N) is 1. The topological polar surface area (TPSA) is 51.2 Å². The molecule has 0 bridgehead atoms. The first-order valence-electron chi connectivity index (χ1n) is 11.0. The van der Waals surface area contributed by atoms with Crippen molar-refractivity contribution in [3.05, 3.63) is 108 Å². The third-order valence-corrected chi connectivity index (χ3v) is 6.36. The normalized spacial score (nSPS) is 17.5. The quantitative estimate of drug-likeness (QED) is 0.402. The molecule has 0 aromatic heterocycles. The third-order valence-electron chi connectivity index (χ3n) is 6.36. The van der Waals surface area contributed by atoms with Crippen LogP contribution in [0.4, 0.5) is 0 Å². The lowest BCUT2D eigenvalue weighted by Gasteiger charge is -2.47. The van der Waals surface area contributed by atoms with Gasteiger partial charge in [-0.15, -0.1) is 0 Å². The predicted molar refractivity (Wildman–Crippen MR) is 124 cm³/mol. The monoisotopic (exact) mass is 433 g/mol. The van der Waals surface area contributed by atoms with E-state index in [4.69, 9.17) is 14.2 Å². The highest BCUT2D eigenvalue weighted by Gasteiger charge is 2.53. The second-order valence-electron chi connectivity index (χ2n) is 8.00. The first-order valence-corrected chi connectivity index (χ1v) is 11.0. The number of ether oxygens (including phenoxy) is 3. The highest BCUT2D eigenvalue weighted by Crippen LogP contribution is 2.46. The Bertz CT molecular complexity index is 864. The van der Waals surface area contributed by atoms with E-state index in [1.54, 1.807) is 14.2 Å². The van der Waals surface area contributed by atoms with Crippen LogP contribution >= 0.6 is 0 Å². The van der Waals surface area contributed by atoms with E-state index >= 15 is 0 Å². The molecule has 1 aliphatic heterocycles. The molecule has 1 atom stereocenters. The van der Waals surface area contributed by atoms with E-state index in [1.165, 1.54) is 0 Å². The van der Waals surface area contributed by atoms with Crippen molar-refractivity contribution in [1.82, 2.24) is 4.90 Å². The molecule has 1 fully saturated rings. The highest BCUT2D eigenvalue weighted by molar-refractivity contribution is 5.47. The Morgan fingerprint density at radius 3 is 1.59 bits per heavy atom. The van der Waals surface area contributed by atoms with Crippen LogP contribution in [0.25, 0.3) is 0 Å². The Labute approximate surface area is 190 Å². The standard InChI is InChI=1S/C27H31NO4/c1-30-27(31-2,25-19-12-20-28(25)21-29)32-26(22-13-6-3-7-14-22,23-15-8-4-9-16-23)24-17-10-5-11-18-24/h3-11,13-18,25,29H,12,19-21H2,1-2H3/t25-/m1/s1. The van der Waals surface area contributed by atoms with Gasteiger partial charge in [0.2, 0.25) is 0 Å². The van der Waals surface area contributed by atoms with Crippen LogP contribution < -0.4 is 0 Å². The van der Waals surface area contributed by atoms with Crippen molar-refractivity contribution in [1.29, 1.82) is 0 Å². The van der Waals surface area contributed by atoms with Crippen molar-refractivity contribution in [2.24, 2.45) is 0 Å². The Morgan fingerprint density at radius 1 is 0.781 bits per heavy atom. The average molecular weight is 434 g/mol. The fraction of sp³-hybridized carbons (Fsp3) is 0.333. The van der Waals surface area contributed by atoms with Crippen LogP contribution in [0.3, 0.4) is 0 Å². The van der Waals surface area contributed by atoms with Gasteiger partial charge < -0.3 is 19.3 Å². The number of aliphatic hydroxyl groups is 1. The summed E-state index contributed by atoms with van der Waals surface area (Å²) in [6, 6.07) is 30.2. The minimum Gasteiger partial charge on any atom is -0.381 e. The van der Waals surface area contributed by atoms with E-state index in [0.29, 0.717) is 0 Å². The Hall–Kier alpha value is -2.54. The molecule has 1 saturated heterocycles. The van der Waals surface area contributed by atoms with Gasteiger partial charge in [-0.05, 0) is 29.5 Å². The number of hydrogen-bond donors (Lipinski definition) is 1. The largest absolute Gasteiger partial charge is 0.381 e. The molecular formula is C27H31NO4. The van der Waals surface area contributed by atoms with E-state index in [0.717, 1.165) is 36.1 Å². The summed E-state index contributed by atoms with van der Waals surface area (Å²) < 4.78 is 19.2. The molecule has 1 heterocycles. The number of benzene rings is 3. The lowest BCUT2D eigenvalue weighted by Crippen LogP contribution is -2.58. The summed E-state index contributed by atoms with van der Waals surface area (Å²) in [5.74, 6) is -1.40. The Morgan fingerprint density at radius 2 is 1.22 bits per heavy atom. The fourth-order valence-corrected chi connectivity index (χ4v) is 4.81. The van der Waals surface area contributed by atoms with Gasteiger partial charge in [0.05, 0.1) is 12.8 Å². The van der Waals surface area contributed by atoms with Crippen molar-refractivity contribution >= 4 is 0 Å². The molecule has 1 N–H and O–H groups in total. The first kappa shape index (κ1) is 22.6. The lowest BCUT2D eigenvalue weighted by molar-refractivity contribution is -0.408. The minimum atomic E-state index is -1.40. The van der Waals surface area contributed by atoms with Gasteiger partial charge in [0, 0.05) is 20.8 Å². The van der Waals surface area contributed by atoms with Crippen molar-refractivity contribution in [2.45, 2.75) is 30.5 Å². The summed E-state index contributed by atoms with van der Waals surface area (Å²) in [7, 11) is 3.20. The van der Waals surface area contributed by atoms with Gasteiger partial charge in [0.1, 0.15) is 5.60 Å². The summed E-state index contributed by atoms with van der Waals surface area (Å²) in [5, 5.41) is 10.00. The second kappa shape index (κ2) is 9.94. The molecule has 0 amide bonds. The maximum Gasteiger partial charge on any atom is 0.300 e. The van der Waals surface area contributed by atoms with E-state index in [1.807, 2.05) is 59.5 Å². The van der Waals surface area contributed by atoms with Crippen molar-refractivity contribution in [3.63, 3.8) is 0 Å². The predicted octanol–water partition coefficient (Wildman–Crippen LogP) is 4.36. The molecule has 0 unspecified atom stereocenters. The average Bonchev–Trinajstić information content (AvgIpc) is 3.37. The summed E-state index contributed by atoms with van der Waals surface area (Å²) in [6.45, 7) is 0.672. The SMILES string of the molecule is COC(OC)(OC(c1ccccc1)(c1ccccc1)c1ccccc1)[C@H]1CCCN1CO. The number of rotatable bonds is 9. The number of hydrogen-bond acceptors (Lipinski definition) is 5. The van der Waals surface area contributed by atoms with E-state index in [9.17, 15) is 5.11 Å². The van der Waals surface area contributed by atoms with Crippen LogP contribution in [0.1, 0.15) is 29.5 Å². The molecule has 0 saturated carbocycles. The zero-order valence-electron chi connectivity index (χ0n) is 18.7. The van der Waals surface area contributed by atoms with Crippen molar-refractivity contribution in [2.75, 3.05) is 27.5 Å². The third kappa shape index (κ3) is 3.98. The zero-order valence-corrected chi connectivity index (χ0v) is 18.7. The maximum atomic E-state index is 10.00. The molecule has 0 radical (unpaired) electrons. The minimum absolute atomic E-state index is 0.0858.